The number of nitrogens with zero attached hydrogens (tertiary/aromatic N) is 9. The molecule has 0 radical (unpaired) electrons. The second-order valence-corrected chi connectivity index (χ2v) is 27.8. The molecule has 13 aromatic carbocycles. The Morgan fingerprint density at radius 1 is 0.213 bits per heavy atom. The first-order chi connectivity index (χ1) is 46.6. The summed E-state index contributed by atoms with van der Waals surface area (Å²) in [5.41, 5.74) is 15.2. The van der Waals surface area contributed by atoms with Gasteiger partial charge in [0.15, 0.2) is 43.0 Å². The summed E-state index contributed by atoms with van der Waals surface area (Å²) in [5.74, 6) is 3.48. The van der Waals surface area contributed by atoms with Crippen LogP contribution in [0.25, 0.3) is 151 Å². The Bertz CT molecular complexity index is 5690. The van der Waals surface area contributed by atoms with E-state index in [-0.39, 0.29) is 0 Å². The van der Waals surface area contributed by atoms with E-state index >= 15 is 0 Å². The van der Waals surface area contributed by atoms with Crippen molar-refractivity contribution in [3.8, 4) is 85.4 Å². The summed E-state index contributed by atoms with van der Waals surface area (Å²) in [6.45, 7) is 0. The Labute approximate surface area is 541 Å². The molecular formula is C84H53N9Si. The molecule has 0 spiro atoms. The average molecular weight is 1220 g/mol. The number of benzene rings is 13. The number of rotatable bonds is 10. The normalized spacial score (nSPS) is 12.6. The van der Waals surface area contributed by atoms with Gasteiger partial charge in [0.25, 0.3) is 0 Å². The number of hydrogen-bond donors (Lipinski definition) is 0. The van der Waals surface area contributed by atoms with Gasteiger partial charge in [-0.2, -0.15) is 0 Å². The molecular weight excluding hydrogens is 1160 g/mol. The van der Waals surface area contributed by atoms with Crippen LogP contribution in [0.4, 0.5) is 0 Å². The number of aromatic nitrogens is 9. The molecule has 0 amide bonds. The topological polar surface area (TPSA) is 92.1 Å². The van der Waals surface area contributed by atoms with Crippen molar-refractivity contribution in [2.75, 3.05) is 0 Å². The van der Waals surface area contributed by atoms with Gasteiger partial charge in [-0.05, 0) is 81.4 Å². The summed E-state index contributed by atoms with van der Waals surface area (Å²) in [7, 11) is -3.47. The molecule has 18 aromatic rings. The van der Waals surface area contributed by atoms with Gasteiger partial charge in [-0.3, -0.25) is 0 Å². The van der Waals surface area contributed by atoms with Crippen LogP contribution in [0.1, 0.15) is 0 Å². The Morgan fingerprint density at radius 2 is 0.521 bits per heavy atom. The summed E-state index contributed by atoms with van der Waals surface area (Å²) < 4.78 is 7.21. The lowest BCUT2D eigenvalue weighted by molar-refractivity contribution is 1.06. The van der Waals surface area contributed by atoms with Gasteiger partial charge >= 0.3 is 0 Å². The second kappa shape index (κ2) is 21.3. The fraction of sp³-hybridized carbons (Fsp3) is 0. The van der Waals surface area contributed by atoms with Crippen LogP contribution in [0, 0.1) is 0 Å². The zero-order valence-electron chi connectivity index (χ0n) is 50.6. The molecule has 1 aliphatic heterocycles. The first-order valence-corrected chi connectivity index (χ1v) is 33.8. The van der Waals surface area contributed by atoms with E-state index < -0.39 is 8.07 Å². The van der Waals surface area contributed by atoms with E-state index in [2.05, 4.69) is 299 Å². The van der Waals surface area contributed by atoms with Gasteiger partial charge in [0, 0.05) is 71.4 Å². The van der Waals surface area contributed by atoms with Gasteiger partial charge in [0.1, 0.15) is 0 Å². The van der Waals surface area contributed by atoms with E-state index in [1.54, 1.807) is 0 Å². The van der Waals surface area contributed by atoms with Crippen molar-refractivity contribution in [2.24, 2.45) is 0 Å². The van der Waals surface area contributed by atoms with Crippen molar-refractivity contribution >= 4 is 94.2 Å². The lowest BCUT2D eigenvalue weighted by Crippen LogP contribution is -2.76. The Morgan fingerprint density at radius 3 is 0.979 bits per heavy atom. The highest BCUT2D eigenvalue weighted by Crippen LogP contribution is 2.40. The predicted molar refractivity (Wildman–Crippen MR) is 386 cm³/mol. The maximum Gasteiger partial charge on any atom is 0.184 e. The molecule has 19 rings (SSSR count). The van der Waals surface area contributed by atoms with Gasteiger partial charge < -0.3 is 13.7 Å². The molecule has 0 fully saturated rings. The molecule has 0 saturated carbocycles. The van der Waals surface area contributed by atoms with E-state index in [0.717, 1.165) is 72.5 Å². The van der Waals surface area contributed by atoms with Gasteiger partial charge in [-0.15, -0.1) is 0 Å². The number of para-hydroxylation sites is 9. The van der Waals surface area contributed by atoms with E-state index in [1.807, 2.05) is 36.4 Å². The molecule has 0 unspecified atom stereocenters. The molecule has 6 heterocycles. The standard InChI is InChI=1S/C84H53N9Si/c1-3-26-54(27-4-1)79-85-81(89-83(87-79)66-39-12-19-47-73(66)91-68-42-14-7-34-60(68)61-35-8-15-43-69(61)91)56-30-23-32-58(52-56)94(76-50-22-21-49-75(76)93-72-46-18-11-38-64(72)65-41-25-51-77(94)78(65)93)59-33-24-31-57(53-59)82-86-80(55-28-5-2-6-29-55)88-84(90-82)67-40-13-20-48-74(67)92-70-44-16-9-36-62(70)63-37-10-17-45-71(63)92/h1-53H. The number of fused-ring (bicyclic) bond motifs is 11. The van der Waals surface area contributed by atoms with Crippen LogP contribution in [0.5, 0.6) is 0 Å². The smallest absolute Gasteiger partial charge is 0.184 e. The molecule has 0 N–H and O–H groups in total. The van der Waals surface area contributed by atoms with Crippen molar-refractivity contribution in [1.82, 2.24) is 43.6 Å². The molecule has 0 saturated heterocycles. The molecule has 94 heavy (non-hydrogen) atoms. The molecule has 5 aromatic heterocycles. The fourth-order valence-electron chi connectivity index (χ4n) is 15.0. The van der Waals surface area contributed by atoms with Crippen LogP contribution in [0.15, 0.2) is 322 Å². The second-order valence-electron chi connectivity index (χ2n) is 24.1. The third-order valence-corrected chi connectivity index (χ3v) is 23.8. The van der Waals surface area contributed by atoms with E-state index in [4.69, 9.17) is 29.9 Å². The van der Waals surface area contributed by atoms with Crippen LogP contribution in [0.3, 0.4) is 0 Å². The predicted octanol–water partition coefficient (Wildman–Crippen LogP) is 17.0. The quantitative estimate of drug-likeness (QED) is 0.127. The zero-order valence-corrected chi connectivity index (χ0v) is 51.6. The molecule has 438 valence electrons. The first kappa shape index (κ1) is 53.3. The van der Waals surface area contributed by atoms with E-state index in [1.165, 1.54) is 64.1 Å². The molecule has 10 heteroatoms. The molecule has 0 aliphatic carbocycles. The van der Waals surface area contributed by atoms with Crippen molar-refractivity contribution in [3.63, 3.8) is 0 Å². The fourth-order valence-corrected chi connectivity index (χ4v) is 20.2. The monoisotopic (exact) mass is 1220 g/mol. The molecule has 1 aliphatic rings. The Balaban J connectivity index is 0.846. The van der Waals surface area contributed by atoms with Crippen LogP contribution < -0.4 is 20.7 Å². The molecule has 0 atom stereocenters. The van der Waals surface area contributed by atoms with Crippen molar-refractivity contribution in [3.05, 3.63) is 322 Å². The summed E-state index contributed by atoms with van der Waals surface area (Å²) in [4.78, 5) is 32.8. The van der Waals surface area contributed by atoms with E-state index in [9.17, 15) is 0 Å². The maximum atomic E-state index is 5.58. The summed E-state index contributed by atoms with van der Waals surface area (Å²) in [6, 6.07) is 115. The van der Waals surface area contributed by atoms with Crippen LogP contribution in [0.2, 0.25) is 0 Å². The number of hydrogen-bond acceptors (Lipinski definition) is 6. The third-order valence-electron chi connectivity index (χ3n) is 19.0. The van der Waals surface area contributed by atoms with Gasteiger partial charge in [-0.1, -0.05) is 261 Å². The van der Waals surface area contributed by atoms with Crippen molar-refractivity contribution in [2.45, 2.75) is 0 Å². The minimum Gasteiger partial charge on any atom is -0.309 e. The van der Waals surface area contributed by atoms with Crippen LogP contribution in [-0.2, 0) is 0 Å². The largest absolute Gasteiger partial charge is 0.309 e. The first-order valence-electron chi connectivity index (χ1n) is 31.8. The molecule has 9 nitrogen and oxygen atoms in total. The minimum atomic E-state index is -3.47. The summed E-state index contributed by atoms with van der Waals surface area (Å²) in [6.07, 6.45) is 0. The molecule has 0 bridgehead atoms. The van der Waals surface area contributed by atoms with Crippen molar-refractivity contribution in [1.29, 1.82) is 0 Å². The van der Waals surface area contributed by atoms with E-state index in [0.29, 0.717) is 34.9 Å². The maximum absolute atomic E-state index is 5.58. The van der Waals surface area contributed by atoms with Crippen molar-refractivity contribution < 1.29 is 0 Å². The average Bonchev–Trinajstić information content (AvgIpc) is 1.30. The van der Waals surface area contributed by atoms with Gasteiger partial charge in [0.05, 0.1) is 44.5 Å². The Kier molecular flexibility index (Phi) is 12.1. The highest BCUT2D eigenvalue weighted by molar-refractivity contribution is 7.21. The highest BCUT2D eigenvalue weighted by Gasteiger charge is 2.48. The van der Waals surface area contributed by atoms with Crippen LogP contribution >= 0.6 is 0 Å². The lowest BCUT2D eigenvalue weighted by atomic mass is 10.1. The highest BCUT2D eigenvalue weighted by atomic mass is 28.3. The van der Waals surface area contributed by atoms with Gasteiger partial charge in [0.2, 0.25) is 0 Å². The third kappa shape index (κ3) is 8.13. The SMILES string of the molecule is c1ccc(-c2nc(-c3cccc([Si]4(c5cccc(-c6nc(-c7ccccc7)nc(-c7ccccc7-n7c8ccccc8c8ccccc87)n6)c5)c5ccccc5-n5c6ccccc6c6cccc4c65)c3)nc(-c3ccccc3-n3c4ccccc4c4ccccc43)n2)cc1. The minimum absolute atomic E-state index is 0.574. The summed E-state index contributed by atoms with van der Waals surface area (Å²) >= 11 is 0. The van der Waals surface area contributed by atoms with Gasteiger partial charge in [-0.25, -0.2) is 29.9 Å². The van der Waals surface area contributed by atoms with Crippen LogP contribution in [-0.4, -0.2) is 51.7 Å². The summed E-state index contributed by atoms with van der Waals surface area (Å²) in [5, 5.41) is 12.0. The zero-order chi connectivity index (χ0) is 61.8. The lowest BCUT2D eigenvalue weighted by Gasteiger charge is -2.40. The Hall–Kier alpha value is -12.5.